The number of amides is 2. The molecule has 0 aliphatic heterocycles. The molecular weight excluding hydrogens is 534 g/mol. The molecule has 2 N–H and O–H groups in total. The molecule has 0 aliphatic rings. The van der Waals surface area contributed by atoms with Gasteiger partial charge in [-0.15, -0.1) is 11.6 Å². The summed E-state index contributed by atoms with van der Waals surface area (Å²) in [7, 11) is 1.73. The highest BCUT2D eigenvalue weighted by molar-refractivity contribution is 6.29. The fourth-order valence-electron chi connectivity index (χ4n) is 4.77. The van der Waals surface area contributed by atoms with E-state index in [1.165, 1.54) is 5.56 Å². The highest BCUT2D eigenvalue weighted by Crippen LogP contribution is 2.30. The monoisotopic (exact) mass is 569 g/mol. The van der Waals surface area contributed by atoms with Gasteiger partial charge in [-0.2, -0.15) is 0 Å². The third-order valence-electron chi connectivity index (χ3n) is 7.26. The van der Waals surface area contributed by atoms with Gasteiger partial charge in [-0.3, -0.25) is 14.4 Å². The third kappa shape index (κ3) is 6.95. The fourth-order valence-corrected chi connectivity index (χ4v) is 4.84. The Labute approximate surface area is 246 Å². The molecule has 0 atom stereocenters. The van der Waals surface area contributed by atoms with Crippen molar-refractivity contribution >= 4 is 34.8 Å². The van der Waals surface area contributed by atoms with Gasteiger partial charge in [0, 0.05) is 42.2 Å². The summed E-state index contributed by atoms with van der Waals surface area (Å²) < 4.78 is 1.58. The molecule has 0 unspecified atom stereocenters. The molecule has 41 heavy (non-hydrogen) atoms. The number of aromatic nitrogens is 1. The van der Waals surface area contributed by atoms with Gasteiger partial charge < -0.3 is 15.2 Å². The molecule has 6 nitrogen and oxygen atoms in total. The number of hydrogen-bond acceptors (Lipinski definition) is 3. The number of pyridine rings is 1. The van der Waals surface area contributed by atoms with E-state index < -0.39 is 0 Å². The molecule has 212 valence electrons. The van der Waals surface area contributed by atoms with Crippen LogP contribution in [0.4, 0.5) is 11.4 Å². The molecule has 0 saturated heterocycles. The highest BCUT2D eigenvalue weighted by Gasteiger charge is 2.16. The number of anilines is 2. The van der Waals surface area contributed by atoms with Gasteiger partial charge in [-0.05, 0) is 83.0 Å². The second-order valence-electron chi connectivity index (χ2n) is 11.4. The first kappa shape index (κ1) is 29.8. The van der Waals surface area contributed by atoms with E-state index in [9.17, 15) is 14.4 Å². The van der Waals surface area contributed by atoms with Crippen LogP contribution in [0.25, 0.3) is 11.1 Å². The largest absolute Gasteiger partial charge is 0.325 e. The molecule has 4 aromatic rings. The van der Waals surface area contributed by atoms with E-state index in [1.54, 1.807) is 11.6 Å². The van der Waals surface area contributed by atoms with Crippen LogP contribution in [0.1, 0.15) is 58.9 Å². The summed E-state index contributed by atoms with van der Waals surface area (Å²) in [6, 6.07) is 21.1. The molecule has 0 spiro atoms. The summed E-state index contributed by atoms with van der Waals surface area (Å²) >= 11 is 5.66. The minimum Gasteiger partial charge on any atom is -0.325 e. The van der Waals surface area contributed by atoms with E-state index >= 15 is 0 Å². The van der Waals surface area contributed by atoms with Crippen LogP contribution in [-0.2, 0) is 23.7 Å². The average Bonchev–Trinajstić information content (AvgIpc) is 2.93. The molecule has 0 saturated carbocycles. The van der Waals surface area contributed by atoms with E-state index in [4.69, 9.17) is 11.6 Å². The van der Waals surface area contributed by atoms with Crippen molar-refractivity contribution in [2.75, 3.05) is 16.5 Å². The number of carbonyl (C=O) groups is 2. The molecule has 1 aromatic heterocycles. The first-order chi connectivity index (χ1) is 19.4. The van der Waals surface area contributed by atoms with Crippen molar-refractivity contribution in [3.05, 3.63) is 117 Å². The Morgan fingerprint density at radius 2 is 1.61 bits per heavy atom. The number of halogens is 1. The predicted molar refractivity (Wildman–Crippen MR) is 168 cm³/mol. The summed E-state index contributed by atoms with van der Waals surface area (Å²) in [5, 5.41) is 5.87. The lowest BCUT2D eigenvalue weighted by Crippen LogP contribution is -2.21. The zero-order chi connectivity index (χ0) is 29.9. The summed E-state index contributed by atoms with van der Waals surface area (Å²) in [6.07, 6.45) is 2.21. The van der Waals surface area contributed by atoms with Crippen LogP contribution in [0, 0.1) is 13.8 Å². The second kappa shape index (κ2) is 12.1. The Morgan fingerprint density at radius 1 is 0.902 bits per heavy atom. The van der Waals surface area contributed by atoms with Crippen molar-refractivity contribution in [2.45, 2.75) is 46.5 Å². The van der Waals surface area contributed by atoms with E-state index in [0.717, 1.165) is 27.8 Å². The minimum absolute atomic E-state index is 0.0104. The molecule has 7 heteroatoms. The van der Waals surface area contributed by atoms with Gasteiger partial charge in [-0.1, -0.05) is 57.2 Å². The van der Waals surface area contributed by atoms with Gasteiger partial charge in [0.15, 0.2) is 0 Å². The Bertz CT molecular complexity index is 1660. The van der Waals surface area contributed by atoms with Crippen LogP contribution in [0.5, 0.6) is 0 Å². The molecule has 0 fully saturated rings. The van der Waals surface area contributed by atoms with E-state index in [1.807, 2.05) is 86.8 Å². The number of hydrogen-bond donors (Lipinski definition) is 2. The SMILES string of the molecule is Cc1ccc(Cc2cc(-c3cccc(NC(=O)c4ccc(C(C)(C)C)cc4)c3C)cn(C)c2=O)cc1NC(=O)CCl. The van der Waals surface area contributed by atoms with Gasteiger partial charge in [0.05, 0.1) is 0 Å². The van der Waals surface area contributed by atoms with Gasteiger partial charge >= 0.3 is 0 Å². The molecule has 0 bridgehead atoms. The number of benzene rings is 3. The smallest absolute Gasteiger partial charge is 0.255 e. The maximum atomic E-state index is 13.1. The molecule has 2 amide bonds. The van der Waals surface area contributed by atoms with Crippen LogP contribution in [0.2, 0.25) is 0 Å². The predicted octanol–water partition coefficient (Wildman–Crippen LogP) is 6.99. The van der Waals surface area contributed by atoms with Crippen molar-refractivity contribution in [3.8, 4) is 11.1 Å². The minimum atomic E-state index is -0.283. The number of nitrogens with zero attached hydrogens (tertiary/aromatic N) is 1. The van der Waals surface area contributed by atoms with Gasteiger partial charge in [-0.25, -0.2) is 0 Å². The molecule has 4 rings (SSSR count). The number of aryl methyl sites for hydroxylation is 2. The molecule has 1 heterocycles. The number of carbonyl (C=O) groups excluding carboxylic acids is 2. The first-order valence-electron chi connectivity index (χ1n) is 13.5. The zero-order valence-corrected chi connectivity index (χ0v) is 25.1. The maximum Gasteiger partial charge on any atom is 0.255 e. The summed E-state index contributed by atoms with van der Waals surface area (Å²) in [4.78, 5) is 38.0. The number of nitrogens with one attached hydrogen (secondary N) is 2. The van der Waals surface area contributed by atoms with Crippen LogP contribution in [-0.4, -0.2) is 22.3 Å². The van der Waals surface area contributed by atoms with E-state index in [2.05, 4.69) is 31.4 Å². The lowest BCUT2D eigenvalue weighted by molar-refractivity contribution is -0.113. The van der Waals surface area contributed by atoms with Crippen molar-refractivity contribution in [1.29, 1.82) is 0 Å². The summed E-state index contributed by atoms with van der Waals surface area (Å²) in [5.74, 6) is -0.591. The van der Waals surface area contributed by atoms with Crippen LogP contribution in [0.15, 0.2) is 77.7 Å². The summed E-state index contributed by atoms with van der Waals surface area (Å²) in [6.45, 7) is 10.3. The lowest BCUT2D eigenvalue weighted by atomic mass is 9.86. The third-order valence-corrected chi connectivity index (χ3v) is 7.50. The normalized spacial score (nSPS) is 11.3. The van der Waals surface area contributed by atoms with Gasteiger partial charge in [0.1, 0.15) is 5.88 Å². The van der Waals surface area contributed by atoms with Crippen molar-refractivity contribution < 1.29 is 9.59 Å². The molecule has 0 aliphatic carbocycles. The Kier molecular flexibility index (Phi) is 8.83. The van der Waals surface area contributed by atoms with Gasteiger partial charge in [0.25, 0.3) is 11.5 Å². The zero-order valence-electron chi connectivity index (χ0n) is 24.4. The van der Waals surface area contributed by atoms with Crippen LogP contribution < -0.4 is 16.2 Å². The quantitative estimate of drug-likeness (QED) is 0.235. The first-order valence-corrected chi connectivity index (χ1v) is 14.1. The topological polar surface area (TPSA) is 80.2 Å². The van der Waals surface area contributed by atoms with Crippen LogP contribution in [0.3, 0.4) is 0 Å². The van der Waals surface area contributed by atoms with Crippen molar-refractivity contribution in [3.63, 3.8) is 0 Å². The number of rotatable bonds is 7. The lowest BCUT2D eigenvalue weighted by Gasteiger charge is -2.19. The molecule has 3 aromatic carbocycles. The van der Waals surface area contributed by atoms with E-state index in [-0.39, 0.29) is 28.7 Å². The number of alkyl halides is 1. The molecule has 0 radical (unpaired) electrons. The Hall–Kier alpha value is -4.16. The molecular formula is C34H36ClN3O3. The van der Waals surface area contributed by atoms with Gasteiger partial charge in [0.2, 0.25) is 5.91 Å². The van der Waals surface area contributed by atoms with Crippen molar-refractivity contribution in [1.82, 2.24) is 4.57 Å². The Balaban J connectivity index is 1.62. The second-order valence-corrected chi connectivity index (χ2v) is 11.7. The summed E-state index contributed by atoms with van der Waals surface area (Å²) in [5.41, 5.74) is 8.17. The Morgan fingerprint density at radius 3 is 2.27 bits per heavy atom. The van der Waals surface area contributed by atoms with Crippen molar-refractivity contribution in [2.24, 2.45) is 7.05 Å². The maximum absolute atomic E-state index is 13.1. The van der Waals surface area contributed by atoms with Crippen LogP contribution >= 0.6 is 11.6 Å². The van der Waals surface area contributed by atoms with E-state index in [0.29, 0.717) is 28.9 Å². The fraction of sp³-hybridized carbons (Fsp3) is 0.265. The highest BCUT2D eigenvalue weighted by atomic mass is 35.5. The standard InChI is InChI=1S/C34H36ClN3O3/c1-21-10-11-23(17-30(21)36-31(39)19-35)16-25-18-26(20-38(6)33(25)41)28-8-7-9-29(22(28)2)37-32(40)24-12-14-27(15-13-24)34(3,4)5/h7-15,17-18,20H,16,19H2,1-6H3,(H,36,39)(H,37,40). The average molecular weight is 570 g/mol.